The summed E-state index contributed by atoms with van der Waals surface area (Å²) in [7, 11) is 0. The Morgan fingerprint density at radius 2 is 1.64 bits per heavy atom. The van der Waals surface area contributed by atoms with E-state index in [1.54, 1.807) is 12.1 Å². The number of ether oxygens (including phenoxy) is 1. The summed E-state index contributed by atoms with van der Waals surface area (Å²) in [5.41, 5.74) is 4.12. The van der Waals surface area contributed by atoms with Gasteiger partial charge in [-0.2, -0.15) is 0 Å². The van der Waals surface area contributed by atoms with Crippen LogP contribution in [0.3, 0.4) is 0 Å². The van der Waals surface area contributed by atoms with Crippen molar-refractivity contribution in [3.8, 4) is 0 Å². The molecule has 0 aliphatic carbocycles. The molecule has 4 nitrogen and oxygen atoms in total. The van der Waals surface area contributed by atoms with Crippen LogP contribution in [0.1, 0.15) is 27.0 Å². The van der Waals surface area contributed by atoms with Crippen LogP contribution in [-0.4, -0.2) is 18.5 Å². The molecule has 0 radical (unpaired) electrons. The number of amides is 1. The molecule has 0 bridgehead atoms. The molecule has 1 amide bonds. The van der Waals surface area contributed by atoms with Gasteiger partial charge in [-0.3, -0.25) is 4.79 Å². The zero-order chi connectivity index (χ0) is 16.1. The molecule has 0 aliphatic heterocycles. The number of anilines is 1. The van der Waals surface area contributed by atoms with Gasteiger partial charge in [0.1, 0.15) is 0 Å². The van der Waals surface area contributed by atoms with Gasteiger partial charge in [-0.15, -0.1) is 0 Å². The lowest BCUT2D eigenvalue weighted by atomic mass is 10.1. The second kappa shape index (κ2) is 6.89. The van der Waals surface area contributed by atoms with Crippen molar-refractivity contribution >= 4 is 17.6 Å². The summed E-state index contributed by atoms with van der Waals surface area (Å²) >= 11 is 0. The molecule has 0 spiro atoms. The van der Waals surface area contributed by atoms with Gasteiger partial charge >= 0.3 is 5.97 Å². The predicted octanol–water partition coefficient (Wildman–Crippen LogP) is 3.41. The average molecular weight is 297 g/mol. The zero-order valence-corrected chi connectivity index (χ0v) is 13.0. The Morgan fingerprint density at radius 1 is 1.00 bits per heavy atom. The standard InChI is InChI=1S/C18H19NO3/c1-12-8-13(2)10-15(9-12)19-17(20)11-22-18(21)16-7-5-4-6-14(16)3/h4-10H,11H2,1-3H3,(H,19,20). The third kappa shape index (κ3) is 4.19. The summed E-state index contributed by atoms with van der Waals surface area (Å²) < 4.78 is 5.05. The molecule has 0 heterocycles. The van der Waals surface area contributed by atoms with Crippen molar-refractivity contribution in [1.29, 1.82) is 0 Å². The highest BCUT2D eigenvalue weighted by Gasteiger charge is 2.12. The predicted molar refractivity (Wildman–Crippen MR) is 86.0 cm³/mol. The lowest BCUT2D eigenvalue weighted by molar-refractivity contribution is -0.119. The first-order chi connectivity index (χ1) is 10.5. The Kier molecular flexibility index (Phi) is 4.94. The van der Waals surface area contributed by atoms with E-state index in [0.29, 0.717) is 11.3 Å². The first kappa shape index (κ1) is 15.8. The van der Waals surface area contributed by atoms with E-state index in [1.165, 1.54) is 0 Å². The third-order valence-corrected chi connectivity index (χ3v) is 3.20. The van der Waals surface area contributed by atoms with E-state index in [1.807, 2.05) is 51.1 Å². The van der Waals surface area contributed by atoms with Crippen LogP contribution in [-0.2, 0) is 9.53 Å². The maximum Gasteiger partial charge on any atom is 0.338 e. The number of esters is 1. The first-order valence-corrected chi connectivity index (χ1v) is 7.06. The van der Waals surface area contributed by atoms with Gasteiger partial charge in [0.2, 0.25) is 0 Å². The number of rotatable bonds is 4. The van der Waals surface area contributed by atoms with Crippen molar-refractivity contribution in [2.45, 2.75) is 20.8 Å². The van der Waals surface area contributed by atoms with Crippen molar-refractivity contribution in [3.05, 3.63) is 64.7 Å². The Labute approximate surface area is 130 Å². The molecular formula is C18H19NO3. The van der Waals surface area contributed by atoms with Crippen LogP contribution in [0, 0.1) is 20.8 Å². The summed E-state index contributed by atoms with van der Waals surface area (Å²) in [5.74, 6) is -0.847. The van der Waals surface area contributed by atoms with E-state index >= 15 is 0 Å². The molecule has 4 heteroatoms. The smallest absolute Gasteiger partial charge is 0.338 e. The number of hydrogen-bond acceptors (Lipinski definition) is 3. The summed E-state index contributed by atoms with van der Waals surface area (Å²) in [4.78, 5) is 23.8. The second-order valence-corrected chi connectivity index (χ2v) is 5.32. The van der Waals surface area contributed by atoms with Gasteiger partial charge in [-0.05, 0) is 55.7 Å². The van der Waals surface area contributed by atoms with E-state index in [0.717, 1.165) is 16.7 Å². The number of nitrogens with one attached hydrogen (secondary N) is 1. The minimum atomic E-state index is -0.492. The fraction of sp³-hybridized carbons (Fsp3) is 0.222. The highest BCUT2D eigenvalue weighted by Crippen LogP contribution is 2.14. The van der Waals surface area contributed by atoms with Crippen molar-refractivity contribution in [2.75, 3.05) is 11.9 Å². The van der Waals surface area contributed by atoms with Crippen LogP contribution in [0.25, 0.3) is 0 Å². The van der Waals surface area contributed by atoms with Gasteiger partial charge in [-0.25, -0.2) is 4.79 Å². The molecular weight excluding hydrogens is 278 g/mol. The van der Waals surface area contributed by atoms with E-state index in [2.05, 4.69) is 5.32 Å². The van der Waals surface area contributed by atoms with Crippen LogP contribution in [0.5, 0.6) is 0 Å². The van der Waals surface area contributed by atoms with Crippen LogP contribution < -0.4 is 5.32 Å². The number of hydrogen-bond donors (Lipinski definition) is 1. The molecule has 1 N–H and O–H groups in total. The summed E-state index contributed by atoms with van der Waals surface area (Å²) in [6.45, 7) is 5.44. The maximum absolute atomic E-state index is 11.9. The maximum atomic E-state index is 11.9. The van der Waals surface area contributed by atoms with Gasteiger partial charge in [0.15, 0.2) is 6.61 Å². The number of benzene rings is 2. The number of carbonyl (C=O) groups excluding carboxylic acids is 2. The largest absolute Gasteiger partial charge is 0.452 e. The van der Waals surface area contributed by atoms with Crippen molar-refractivity contribution < 1.29 is 14.3 Å². The quantitative estimate of drug-likeness (QED) is 0.880. The molecule has 0 saturated heterocycles. The molecule has 0 atom stereocenters. The van der Waals surface area contributed by atoms with Gasteiger partial charge in [0.05, 0.1) is 5.56 Å². The van der Waals surface area contributed by atoms with E-state index in [-0.39, 0.29) is 12.5 Å². The second-order valence-electron chi connectivity index (χ2n) is 5.32. The Hall–Kier alpha value is -2.62. The molecule has 114 valence electrons. The fourth-order valence-electron chi connectivity index (χ4n) is 2.25. The molecule has 0 aliphatic rings. The summed E-state index contributed by atoms with van der Waals surface area (Å²) in [6, 6.07) is 12.9. The fourth-order valence-corrected chi connectivity index (χ4v) is 2.25. The van der Waals surface area contributed by atoms with Gasteiger partial charge in [-0.1, -0.05) is 24.3 Å². The monoisotopic (exact) mass is 297 g/mol. The number of carbonyl (C=O) groups is 2. The SMILES string of the molecule is Cc1cc(C)cc(NC(=O)COC(=O)c2ccccc2C)c1. The highest BCUT2D eigenvalue weighted by atomic mass is 16.5. The Bertz CT molecular complexity index is 687. The first-order valence-electron chi connectivity index (χ1n) is 7.06. The molecule has 22 heavy (non-hydrogen) atoms. The summed E-state index contributed by atoms with van der Waals surface area (Å²) in [5, 5.41) is 2.73. The topological polar surface area (TPSA) is 55.4 Å². The molecule has 0 unspecified atom stereocenters. The van der Waals surface area contributed by atoms with Crippen LogP contribution in [0.4, 0.5) is 5.69 Å². The van der Waals surface area contributed by atoms with Gasteiger partial charge in [0.25, 0.3) is 5.91 Å². The average Bonchev–Trinajstić information content (AvgIpc) is 2.44. The Balaban J connectivity index is 1.93. The van der Waals surface area contributed by atoms with Crippen LogP contribution >= 0.6 is 0 Å². The highest BCUT2D eigenvalue weighted by molar-refractivity contribution is 5.96. The van der Waals surface area contributed by atoms with Crippen molar-refractivity contribution in [2.24, 2.45) is 0 Å². The third-order valence-electron chi connectivity index (χ3n) is 3.20. The van der Waals surface area contributed by atoms with Crippen LogP contribution in [0.2, 0.25) is 0 Å². The molecule has 2 aromatic rings. The van der Waals surface area contributed by atoms with E-state index < -0.39 is 5.97 Å². The van der Waals surface area contributed by atoms with Crippen molar-refractivity contribution in [1.82, 2.24) is 0 Å². The molecule has 2 rings (SSSR count). The van der Waals surface area contributed by atoms with Crippen LogP contribution in [0.15, 0.2) is 42.5 Å². The zero-order valence-electron chi connectivity index (χ0n) is 13.0. The van der Waals surface area contributed by atoms with Gasteiger partial charge < -0.3 is 10.1 Å². The lowest BCUT2D eigenvalue weighted by Gasteiger charge is -2.09. The van der Waals surface area contributed by atoms with Gasteiger partial charge in [0, 0.05) is 5.69 Å². The normalized spacial score (nSPS) is 10.1. The minimum Gasteiger partial charge on any atom is -0.452 e. The minimum absolute atomic E-state index is 0.305. The lowest BCUT2D eigenvalue weighted by Crippen LogP contribution is -2.21. The van der Waals surface area contributed by atoms with E-state index in [9.17, 15) is 9.59 Å². The molecule has 0 aromatic heterocycles. The summed E-state index contributed by atoms with van der Waals surface area (Å²) in [6.07, 6.45) is 0. The molecule has 0 saturated carbocycles. The number of aryl methyl sites for hydroxylation is 3. The Morgan fingerprint density at radius 3 is 2.27 bits per heavy atom. The van der Waals surface area contributed by atoms with Crippen molar-refractivity contribution in [3.63, 3.8) is 0 Å². The molecule has 0 fully saturated rings. The van der Waals surface area contributed by atoms with E-state index in [4.69, 9.17) is 4.74 Å². The molecule has 2 aromatic carbocycles.